The van der Waals surface area contributed by atoms with Crippen molar-refractivity contribution < 1.29 is 14.3 Å². The summed E-state index contributed by atoms with van der Waals surface area (Å²) < 4.78 is 4.92. The monoisotopic (exact) mass is 284 g/mol. The van der Waals surface area contributed by atoms with Crippen molar-refractivity contribution in [1.82, 2.24) is 20.4 Å². The van der Waals surface area contributed by atoms with E-state index in [9.17, 15) is 9.59 Å². The van der Waals surface area contributed by atoms with E-state index in [2.05, 4.69) is 10.6 Å². The fraction of sp³-hybridized carbons (Fsp3) is 0.846. The first-order chi connectivity index (χ1) is 9.72. The van der Waals surface area contributed by atoms with Crippen LogP contribution in [-0.2, 0) is 9.53 Å². The van der Waals surface area contributed by atoms with Crippen molar-refractivity contribution in [3.05, 3.63) is 0 Å². The molecule has 2 heterocycles. The number of nitrogens with one attached hydrogen (secondary N) is 2. The van der Waals surface area contributed by atoms with Gasteiger partial charge in [0.1, 0.15) is 0 Å². The predicted molar refractivity (Wildman–Crippen MR) is 74.5 cm³/mol. The summed E-state index contributed by atoms with van der Waals surface area (Å²) in [6.45, 7) is 4.65. The number of nitrogens with zero attached hydrogens (tertiary/aromatic N) is 2. The topological polar surface area (TPSA) is 73.9 Å². The number of carbonyl (C=O) groups excluding carboxylic acids is 2. The number of carbonyl (C=O) groups is 2. The fourth-order valence-corrected chi connectivity index (χ4v) is 2.74. The standard InChI is InChI=1S/C13H24N4O3/c1-20-9-5-14-10-12(18)16-6-2-11(3-7-16)17-8-4-15-13(17)19/h11,14H,2-10H2,1H3,(H,15,19). The molecule has 2 N–H and O–H groups in total. The van der Waals surface area contributed by atoms with Gasteiger partial charge in [0.25, 0.3) is 0 Å². The van der Waals surface area contributed by atoms with Crippen LogP contribution >= 0.6 is 0 Å². The van der Waals surface area contributed by atoms with Crippen LogP contribution < -0.4 is 10.6 Å². The number of amides is 3. The third-order valence-electron chi connectivity index (χ3n) is 3.91. The van der Waals surface area contributed by atoms with Crippen molar-refractivity contribution in [3.8, 4) is 0 Å². The third-order valence-corrected chi connectivity index (χ3v) is 3.91. The molecule has 0 atom stereocenters. The maximum atomic E-state index is 12.0. The molecule has 0 unspecified atom stereocenters. The van der Waals surface area contributed by atoms with Crippen molar-refractivity contribution in [3.63, 3.8) is 0 Å². The molecule has 2 rings (SSSR count). The first-order valence-electron chi connectivity index (χ1n) is 7.24. The summed E-state index contributed by atoms with van der Waals surface area (Å²) in [6.07, 6.45) is 1.74. The van der Waals surface area contributed by atoms with Crippen molar-refractivity contribution in [2.75, 3.05) is 53.0 Å². The van der Waals surface area contributed by atoms with E-state index in [1.807, 2.05) is 9.80 Å². The van der Waals surface area contributed by atoms with Gasteiger partial charge < -0.3 is 25.2 Å². The van der Waals surface area contributed by atoms with E-state index in [0.717, 1.165) is 39.0 Å². The number of hydrogen-bond donors (Lipinski definition) is 2. The van der Waals surface area contributed by atoms with Gasteiger partial charge in [0.15, 0.2) is 0 Å². The first kappa shape index (κ1) is 15.1. The van der Waals surface area contributed by atoms with Crippen LogP contribution in [0, 0.1) is 0 Å². The zero-order valence-electron chi connectivity index (χ0n) is 12.1. The van der Waals surface area contributed by atoms with Crippen molar-refractivity contribution in [2.45, 2.75) is 18.9 Å². The molecule has 7 nitrogen and oxygen atoms in total. The quantitative estimate of drug-likeness (QED) is 0.629. The van der Waals surface area contributed by atoms with Crippen molar-refractivity contribution in [2.24, 2.45) is 0 Å². The average molecular weight is 284 g/mol. The Morgan fingerprint density at radius 1 is 1.40 bits per heavy atom. The Hall–Kier alpha value is -1.34. The molecule has 0 bridgehead atoms. The zero-order chi connectivity index (χ0) is 14.4. The van der Waals surface area contributed by atoms with E-state index in [1.54, 1.807) is 7.11 Å². The molecule has 2 aliphatic rings. The minimum absolute atomic E-state index is 0.0380. The number of methoxy groups -OCH3 is 1. The summed E-state index contributed by atoms with van der Waals surface area (Å²) >= 11 is 0. The lowest BCUT2D eigenvalue weighted by atomic mass is 10.0. The average Bonchev–Trinajstić information content (AvgIpc) is 2.90. The largest absolute Gasteiger partial charge is 0.383 e. The summed E-state index contributed by atoms with van der Waals surface area (Å²) in [6, 6.07) is 0.319. The van der Waals surface area contributed by atoms with Gasteiger partial charge in [0, 0.05) is 45.9 Å². The number of ether oxygens (including phenoxy) is 1. The number of rotatable bonds is 6. The molecule has 0 aromatic rings. The van der Waals surface area contributed by atoms with Gasteiger partial charge in [0.05, 0.1) is 13.2 Å². The van der Waals surface area contributed by atoms with E-state index >= 15 is 0 Å². The zero-order valence-corrected chi connectivity index (χ0v) is 12.1. The maximum absolute atomic E-state index is 12.0. The lowest BCUT2D eigenvalue weighted by Crippen LogP contribution is -2.49. The lowest BCUT2D eigenvalue weighted by molar-refractivity contribution is -0.131. The smallest absolute Gasteiger partial charge is 0.317 e. The van der Waals surface area contributed by atoms with Crippen LogP contribution in [0.25, 0.3) is 0 Å². The molecule has 2 fully saturated rings. The van der Waals surface area contributed by atoms with Crippen LogP contribution in [-0.4, -0.2) is 80.8 Å². The van der Waals surface area contributed by atoms with Crippen LogP contribution in [0.15, 0.2) is 0 Å². The molecule has 2 saturated heterocycles. The van der Waals surface area contributed by atoms with Gasteiger partial charge in [-0.3, -0.25) is 4.79 Å². The minimum Gasteiger partial charge on any atom is -0.383 e. The van der Waals surface area contributed by atoms with Crippen molar-refractivity contribution >= 4 is 11.9 Å². The highest BCUT2D eigenvalue weighted by Crippen LogP contribution is 2.18. The molecule has 0 aliphatic carbocycles. The molecule has 0 spiro atoms. The van der Waals surface area contributed by atoms with Crippen LogP contribution in [0.4, 0.5) is 4.79 Å². The highest BCUT2D eigenvalue weighted by atomic mass is 16.5. The Bertz CT molecular complexity index is 343. The lowest BCUT2D eigenvalue weighted by Gasteiger charge is -2.36. The number of hydrogen-bond acceptors (Lipinski definition) is 4. The summed E-state index contributed by atoms with van der Waals surface area (Å²) in [5.74, 6) is 0.130. The Morgan fingerprint density at radius 3 is 2.75 bits per heavy atom. The van der Waals surface area contributed by atoms with Gasteiger partial charge in [-0.05, 0) is 12.8 Å². The molecule has 114 valence electrons. The predicted octanol–water partition coefficient (Wildman–Crippen LogP) is -0.761. The van der Waals surface area contributed by atoms with Gasteiger partial charge in [-0.15, -0.1) is 0 Å². The molecule has 2 aliphatic heterocycles. The summed E-state index contributed by atoms with van der Waals surface area (Å²) in [5.41, 5.74) is 0. The third kappa shape index (κ3) is 3.83. The molecule has 0 saturated carbocycles. The summed E-state index contributed by atoms with van der Waals surface area (Å²) in [7, 11) is 1.64. The number of urea groups is 1. The van der Waals surface area contributed by atoms with E-state index < -0.39 is 0 Å². The van der Waals surface area contributed by atoms with E-state index in [1.165, 1.54) is 0 Å². The van der Waals surface area contributed by atoms with Crippen molar-refractivity contribution in [1.29, 1.82) is 0 Å². The van der Waals surface area contributed by atoms with Gasteiger partial charge in [-0.1, -0.05) is 0 Å². The molecule has 0 aromatic carbocycles. The second-order valence-corrected chi connectivity index (χ2v) is 5.21. The molecule has 20 heavy (non-hydrogen) atoms. The van der Waals surface area contributed by atoms with Gasteiger partial charge in [0.2, 0.25) is 5.91 Å². The normalized spacial score (nSPS) is 20.4. The Balaban J connectivity index is 1.68. The SMILES string of the molecule is COCCNCC(=O)N1CCC(N2CCNC2=O)CC1. The second-order valence-electron chi connectivity index (χ2n) is 5.21. The van der Waals surface area contributed by atoms with Gasteiger partial charge in [-0.25, -0.2) is 4.79 Å². The number of likely N-dealkylation sites (tertiary alicyclic amines) is 1. The second kappa shape index (κ2) is 7.44. The van der Waals surface area contributed by atoms with E-state index in [-0.39, 0.29) is 18.0 Å². The first-order valence-corrected chi connectivity index (χ1v) is 7.24. The van der Waals surface area contributed by atoms with E-state index in [4.69, 9.17) is 4.74 Å². The molecule has 7 heteroatoms. The Labute approximate surface area is 119 Å². The maximum Gasteiger partial charge on any atom is 0.317 e. The molecule has 3 amide bonds. The van der Waals surface area contributed by atoms with Gasteiger partial charge >= 0.3 is 6.03 Å². The van der Waals surface area contributed by atoms with Gasteiger partial charge in [-0.2, -0.15) is 0 Å². The van der Waals surface area contributed by atoms with Crippen LogP contribution in [0.2, 0.25) is 0 Å². The molecular weight excluding hydrogens is 260 g/mol. The summed E-state index contributed by atoms with van der Waals surface area (Å²) in [5, 5.41) is 5.89. The molecular formula is C13H24N4O3. The Kier molecular flexibility index (Phi) is 5.60. The number of piperidine rings is 1. The highest BCUT2D eigenvalue weighted by Gasteiger charge is 2.31. The van der Waals surface area contributed by atoms with Crippen LogP contribution in [0.3, 0.4) is 0 Å². The highest BCUT2D eigenvalue weighted by molar-refractivity contribution is 5.78. The molecule has 0 radical (unpaired) electrons. The molecule has 0 aromatic heterocycles. The van der Waals surface area contributed by atoms with Crippen LogP contribution in [0.1, 0.15) is 12.8 Å². The van der Waals surface area contributed by atoms with E-state index in [0.29, 0.717) is 19.7 Å². The fourth-order valence-electron chi connectivity index (χ4n) is 2.74. The Morgan fingerprint density at radius 2 is 2.15 bits per heavy atom. The van der Waals surface area contributed by atoms with Crippen LogP contribution in [0.5, 0.6) is 0 Å². The minimum atomic E-state index is 0.0380. The summed E-state index contributed by atoms with van der Waals surface area (Å²) in [4.78, 5) is 27.4.